The number of allylic oxidation sites excluding steroid dienone is 18. The second-order valence-electron chi connectivity index (χ2n) is 22.4. The van der Waals surface area contributed by atoms with Gasteiger partial charge in [-0.1, -0.05) is 290 Å². The maximum absolute atomic E-state index is 13.0. The van der Waals surface area contributed by atoms with Crippen molar-refractivity contribution < 1.29 is 32.9 Å². The summed E-state index contributed by atoms with van der Waals surface area (Å²) in [5.74, 6) is -0.224. The van der Waals surface area contributed by atoms with Gasteiger partial charge >= 0.3 is 0 Å². The van der Waals surface area contributed by atoms with E-state index in [1.165, 1.54) is 148 Å². The lowest BCUT2D eigenvalue weighted by Crippen LogP contribution is -2.46. The standard InChI is InChI=1S/C68H121N2O6P/c1-6-8-10-12-14-16-18-20-22-24-26-28-30-32-34-35-36-38-40-42-44-46-48-50-52-54-56-58-60-62-68(72)69-66(65-76-77(73,74)75-64-63-70(3,4)5)67(71)61-59-57-55-53-51-49-47-45-43-41-39-37-33-31-29-27-25-23-21-19-17-15-13-11-9-7-2/h8,10,14,16,20,22,26,28,32,34,36,38,42,44,48,50,54,56,66-67,71H,6-7,9,11-13,15,17-19,21,23-25,27,29-31,33,35,37,39-41,43,45-47,49,51-53,55,57-65H2,1-5H3,(H-,69,72,73,74)/b10-8-,16-14-,22-20-,28-26-,34-32-,38-36-,44-42-,50-48-,56-54-. The van der Waals surface area contributed by atoms with Gasteiger partial charge in [0, 0.05) is 6.42 Å². The molecule has 0 bridgehead atoms. The molecule has 0 spiro atoms. The van der Waals surface area contributed by atoms with Crippen molar-refractivity contribution in [2.75, 3.05) is 40.9 Å². The van der Waals surface area contributed by atoms with Gasteiger partial charge in [-0.05, 0) is 77.0 Å². The Balaban J connectivity index is 4.26. The van der Waals surface area contributed by atoms with Crippen LogP contribution in [0.2, 0.25) is 0 Å². The summed E-state index contributed by atoms with van der Waals surface area (Å²) >= 11 is 0. The number of unbranched alkanes of at least 4 members (excludes halogenated alkanes) is 26. The number of hydrogen-bond donors (Lipinski definition) is 2. The van der Waals surface area contributed by atoms with Crippen molar-refractivity contribution in [1.82, 2.24) is 5.32 Å². The first-order chi connectivity index (χ1) is 37.5. The Kier molecular flexibility index (Phi) is 55.7. The summed E-state index contributed by atoms with van der Waals surface area (Å²) in [7, 11) is 1.26. The molecular weight excluding hydrogens is 972 g/mol. The Morgan fingerprint density at radius 1 is 0.468 bits per heavy atom. The quantitative estimate of drug-likeness (QED) is 0.0272. The Morgan fingerprint density at radius 2 is 0.779 bits per heavy atom. The minimum absolute atomic E-state index is 0.00443. The predicted octanol–water partition coefficient (Wildman–Crippen LogP) is 19.3. The van der Waals surface area contributed by atoms with Crippen LogP contribution in [0.3, 0.4) is 0 Å². The number of nitrogens with zero attached hydrogens (tertiary/aromatic N) is 1. The fourth-order valence-corrected chi connectivity index (χ4v) is 9.59. The van der Waals surface area contributed by atoms with Gasteiger partial charge in [-0.3, -0.25) is 9.36 Å². The van der Waals surface area contributed by atoms with Crippen molar-refractivity contribution in [3.05, 3.63) is 109 Å². The highest BCUT2D eigenvalue weighted by atomic mass is 31.2. The third kappa shape index (κ3) is 60.6. The number of carbonyl (C=O) groups excluding carboxylic acids is 1. The van der Waals surface area contributed by atoms with E-state index in [-0.39, 0.29) is 25.5 Å². The van der Waals surface area contributed by atoms with Crippen LogP contribution in [0.25, 0.3) is 0 Å². The highest BCUT2D eigenvalue weighted by Crippen LogP contribution is 2.38. The molecule has 0 aliphatic rings. The molecule has 444 valence electrons. The first kappa shape index (κ1) is 74.2. The van der Waals surface area contributed by atoms with E-state index >= 15 is 0 Å². The number of quaternary nitrogens is 1. The van der Waals surface area contributed by atoms with Crippen LogP contribution in [0, 0.1) is 0 Å². The van der Waals surface area contributed by atoms with Crippen molar-refractivity contribution in [2.24, 2.45) is 0 Å². The number of likely N-dealkylation sites (N-methyl/N-ethyl adjacent to an activating group) is 1. The number of aliphatic hydroxyl groups is 1. The first-order valence-electron chi connectivity index (χ1n) is 31.7. The van der Waals surface area contributed by atoms with E-state index in [1.54, 1.807) is 0 Å². The van der Waals surface area contributed by atoms with Gasteiger partial charge in [-0.15, -0.1) is 0 Å². The maximum Gasteiger partial charge on any atom is 0.268 e. The van der Waals surface area contributed by atoms with E-state index in [1.807, 2.05) is 21.1 Å². The fourth-order valence-electron chi connectivity index (χ4n) is 8.87. The van der Waals surface area contributed by atoms with Crippen molar-refractivity contribution in [2.45, 2.75) is 276 Å². The van der Waals surface area contributed by atoms with E-state index in [9.17, 15) is 19.4 Å². The van der Waals surface area contributed by atoms with Crippen molar-refractivity contribution >= 4 is 13.7 Å². The molecule has 3 atom stereocenters. The molecule has 0 heterocycles. The number of carbonyl (C=O) groups is 1. The van der Waals surface area contributed by atoms with Gasteiger partial charge in [0.25, 0.3) is 7.82 Å². The molecular formula is C68H121N2O6P. The molecule has 0 aliphatic carbocycles. The number of hydrogen-bond acceptors (Lipinski definition) is 6. The average molecular weight is 1090 g/mol. The summed E-state index contributed by atoms with van der Waals surface area (Å²) in [6, 6.07) is -0.841. The lowest BCUT2D eigenvalue weighted by molar-refractivity contribution is -0.870. The zero-order valence-corrected chi connectivity index (χ0v) is 51.5. The van der Waals surface area contributed by atoms with E-state index in [0.29, 0.717) is 23.9 Å². The number of nitrogens with one attached hydrogen (secondary N) is 1. The van der Waals surface area contributed by atoms with Crippen LogP contribution < -0.4 is 10.2 Å². The maximum atomic E-state index is 13.0. The molecule has 3 unspecified atom stereocenters. The highest BCUT2D eigenvalue weighted by Gasteiger charge is 2.24. The molecule has 77 heavy (non-hydrogen) atoms. The average Bonchev–Trinajstić information content (AvgIpc) is 3.39. The zero-order valence-electron chi connectivity index (χ0n) is 50.6. The molecule has 8 nitrogen and oxygen atoms in total. The van der Waals surface area contributed by atoms with Gasteiger partial charge in [-0.25, -0.2) is 0 Å². The van der Waals surface area contributed by atoms with Crippen LogP contribution in [0.15, 0.2) is 109 Å². The Labute approximate surface area is 476 Å². The van der Waals surface area contributed by atoms with Crippen LogP contribution in [0.1, 0.15) is 264 Å². The van der Waals surface area contributed by atoms with Gasteiger partial charge < -0.3 is 28.8 Å². The molecule has 0 aromatic rings. The normalized spacial score (nSPS) is 14.5. The van der Waals surface area contributed by atoms with Crippen LogP contribution >= 0.6 is 7.82 Å². The lowest BCUT2D eigenvalue weighted by Gasteiger charge is -2.30. The second-order valence-corrected chi connectivity index (χ2v) is 23.8. The Morgan fingerprint density at radius 3 is 1.10 bits per heavy atom. The van der Waals surface area contributed by atoms with E-state index in [2.05, 4.69) is 129 Å². The number of amides is 1. The van der Waals surface area contributed by atoms with Gasteiger partial charge in [0.05, 0.1) is 39.9 Å². The van der Waals surface area contributed by atoms with E-state index in [0.717, 1.165) is 83.5 Å². The van der Waals surface area contributed by atoms with Crippen molar-refractivity contribution in [1.29, 1.82) is 0 Å². The van der Waals surface area contributed by atoms with E-state index < -0.39 is 20.0 Å². The van der Waals surface area contributed by atoms with Crippen LogP contribution in [-0.2, 0) is 18.4 Å². The lowest BCUT2D eigenvalue weighted by atomic mass is 10.0. The molecule has 1 amide bonds. The summed E-state index contributed by atoms with van der Waals surface area (Å²) in [6.45, 7) is 4.58. The third-order valence-corrected chi connectivity index (χ3v) is 14.7. The monoisotopic (exact) mass is 1090 g/mol. The van der Waals surface area contributed by atoms with Crippen LogP contribution in [0.5, 0.6) is 0 Å². The molecule has 0 radical (unpaired) electrons. The van der Waals surface area contributed by atoms with Gasteiger partial charge in [-0.2, -0.15) is 0 Å². The summed E-state index contributed by atoms with van der Waals surface area (Å²) in [5.41, 5.74) is 0. The predicted molar refractivity (Wildman–Crippen MR) is 334 cm³/mol. The molecule has 0 aliphatic heterocycles. The van der Waals surface area contributed by atoms with Crippen molar-refractivity contribution in [3.63, 3.8) is 0 Å². The number of rotatable bonds is 57. The summed E-state index contributed by atoms with van der Waals surface area (Å²) in [6.07, 6.45) is 84.3. The Hall–Kier alpha value is -2.84. The molecule has 0 fully saturated rings. The topological polar surface area (TPSA) is 108 Å². The minimum atomic E-state index is -4.60. The summed E-state index contributed by atoms with van der Waals surface area (Å²) < 4.78 is 23.4. The summed E-state index contributed by atoms with van der Waals surface area (Å²) in [4.78, 5) is 25.6. The largest absolute Gasteiger partial charge is 0.756 e. The van der Waals surface area contributed by atoms with Crippen LogP contribution in [0.4, 0.5) is 0 Å². The van der Waals surface area contributed by atoms with Gasteiger partial charge in [0.1, 0.15) is 13.2 Å². The molecule has 2 N–H and O–H groups in total. The molecule has 0 aromatic carbocycles. The minimum Gasteiger partial charge on any atom is -0.756 e. The van der Waals surface area contributed by atoms with Gasteiger partial charge in [0.15, 0.2) is 0 Å². The second kappa shape index (κ2) is 57.8. The Bertz CT molecular complexity index is 1620. The molecule has 0 aromatic heterocycles. The smallest absolute Gasteiger partial charge is 0.268 e. The number of phosphoric ester groups is 1. The zero-order chi connectivity index (χ0) is 56.3. The molecule has 0 saturated carbocycles. The van der Waals surface area contributed by atoms with Gasteiger partial charge in [0.2, 0.25) is 5.91 Å². The molecule has 0 saturated heterocycles. The van der Waals surface area contributed by atoms with Crippen LogP contribution in [-0.4, -0.2) is 68.5 Å². The number of phosphoric acid groups is 1. The molecule has 0 rings (SSSR count). The number of aliphatic hydroxyl groups excluding tert-OH is 1. The van der Waals surface area contributed by atoms with Crippen molar-refractivity contribution in [3.8, 4) is 0 Å². The molecule has 9 heteroatoms. The third-order valence-electron chi connectivity index (χ3n) is 13.8. The highest BCUT2D eigenvalue weighted by molar-refractivity contribution is 7.45. The first-order valence-corrected chi connectivity index (χ1v) is 33.2. The SMILES string of the molecule is CC/C=C\C/C=C\C/C=C\C/C=C\C/C=C\C/C=C\C/C=C\C/C=C\C/C=C\CCCC(=O)NC(COP(=O)([O-])OCC[N+](C)(C)C)C(O)CCCCCCCCCCCCCCCCCCCCCCCCCCCC. The summed E-state index contributed by atoms with van der Waals surface area (Å²) in [5, 5.41) is 14.0. The van der Waals surface area contributed by atoms with E-state index in [4.69, 9.17) is 9.05 Å². The fraction of sp³-hybridized carbons (Fsp3) is 0.721.